The second-order valence-electron chi connectivity index (χ2n) is 10.9. The van der Waals surface area contributed by atoms with Crippen molar-refractivity contribution in [3.8, 4) is 11.5 Å². The standard InChI is InChI=1S/C29H32N2O10/c30-17-3-1-2-15-22(17)28(37)25-24(26(15)35)27(36)16-8-13(18(33)11-32)9-19(23(16)29(25)38)41-21-10-14(4-6-40-21)31-5-7-39-12-20(31)34/h1-3,13-14,19-21,32,34,36,38H,4-12,30H2/t13?,14-,19+,20-,21?/m1/s1. The molecule has 2 saturated heterocycles. The highest BCUT2D eigenvalue weighted by Crippen LogP contribution is 2.51. The molecular weight excluding hydrogens is 536 g/mol. The maximum Gasteiger partial charge on any atom is 0.200 e. The molecular formula is C29H32N2O10. The van der Waals surface area contributed by atoms with Crippen molar-refractivity contribution in [3.05, 3.63) is 51.6 Å². The van der Waals surface area contributed by atoms with E-state index in [1.54, 1.807) is 0 Å². The Morgan fingerprint density at radius 3 is 2.61 bits per heavy atom. The van der Waals surface area contributed by atoms with Gasteiger partial charge >= 0.3 is 0 Å². The Labute approximate surface area is 235 Å². The van der Waals surface area contributed by atoms with E-state index in [2.05, 4.69) is 0 Å². The SMILES string of the molecule is Nc1cccc2c1C(=O)c1c(O)c3c(c(O)c1C2=O)CC(C(=O)CO)C[C@@H]3OC1C[C@H](N2CCOC[C@H]2O)CCO1. The van der Waals surface area contributed by atoms with Crippen molar-refractivity contribution in [2.24, 2.45) is 5.92 Å². The number of morpholine rings is 1. The first-order chi connectivity index (χ1) is 19.7. The lowest BCUT2D eigenvalue weighted by atomic mass is 9.73. The van der Waals surface area contributed by atoms with E-state index in [4.69, 9.17) is 19.9 Å². The van der Waals surface area contributed by atoms with Gasteiger partial charge in [0.25, 0.3) is 0 Å². The number of fused-ring (bicyclic) bond motifs is 3. The van der Waals surface area contributed by atoms with Gasteiger partial charge in [-0.3, -0.25) is 19.3 Å². The summed E-state index contributed by atoms with van der Waals surface area (Å²) in [6.07, 6.45) is -1.56. The molecule has 0 radical (unpaired) electrons. The minimum absolute atomic E-state index is 0.00990. The van der Waals surface area contributed by atoms with Crippen molar-refractivity contribution in [1.82, 2.24) is 4.90 Å². The van der Waals surface area contributed by atoms with Crippen LogP contribution in [0.4, 0.5) is 5.69 Å². The zero-order chi connectivity index (χ0) is 29.0. The van der Waals surface area contributed by atoms with E-state index in [0.29, 0.717) is 32.6 Å². The lowest BCUT2D eigenvalue weighted by Gasteiger charge is -2.43. The number of nitrogens with zero attached hydrogens (tertiary/aromatic N) is 1. The van der Waals surface area contributed by atoms with Crippen molar-refractivity contribution in [1.29, 1.82) is 0 Å². The fraction of sp³-hybridized carbons (Fsp3) is 0.483. The summed E-state index contributed by atoms with van der Waals surface area (Å²) in [5.74, 6) is -3.67. The Balaban J connectivity index is 1.40. The van der Waals surface area contributed by atoms with Gasteiger partial charge in [0.2, 0.25) is 0 Å². The van der Waals surface area contributed by atoms with Gasteiger partial charge in [-0.05, 0) is 25.3 Å². The quantitative estimate of drug-likeness (QED) is 0.215. The first-order valence-electron chi connectivity index (χ1n) is 13.7. The van der Waals surface area contributed by atoms with Crippen LogP contribution in [0.3, 0.4) is 0 Å². The molecule has 0 aromatic heterocycles. The van der Waals surface area contributed by atoms with Gasteiger partial charge in [-0.15, -0.1) is 0 Å². The van der Waals surface area contributed by atoms with Crippen LogP contribution in [0.1, 0.15) is 68.3 Å². The van der Waals surface area contributed by atoms with Crippen LogP contribution in [0.15, 0.2) is 18.2 Å². The number of hydrogen-bond donors (Lipinski definition) is 5. The molecule has 6 rings (SSSR count). The number of phenolic OH excluding ortho intramolecular Hbond substituents is 2. The molecule has 218 valence electrons. The summed E-state index contributed by atoms with van der Waals surface area (Å²) in [7, 11) is 0. The Bertz CT molecular complexity index is 1430. The van der Waals surface area contributed by atoms with Crippen LogP contribution in [0.25, 0.3) is 0 Å². The number of nitrogens with two attached hydrogens (primary N) is 1. The predicted octanol–water partition coefficient (Wildman–Crippen LogP) is 0.793. The first kappa shape index (κ1) is 27.8. The minimum atomic E-state index is -1.01. The summed E-state index contributed by atoms with van der Waals surface area (Å²) < 4.78 is 17.5. The van der Waals surface area contributed by atoms with Crippen LogP contribution in [-0.2, 0) is 25.4 Å². The second-order valence-corrected chi connectivity index (χ2v) is 10.9. The molecule has 6 N–H and O–H groups in total. The van der Waals surface area contributed by atoms with Crippen LogP contribution in [0.5, 0.6) is 11.5 Å². The molecule has 0 bridgehead atoms. The lowest BCUT2D eigenvalue weighted by Crippen LogP contribution is -2.53. The Morgan fingerprint density at radius 1 is 1.07 bits per heavy atom. The van der Waals surface area contributed by atoms with Crippen LogP contribution < -0.4 is 5.73 Å². The Kier molecular flexibility index (Phi) is 7.30. The van der Waals surface area contributed by atoms with Gasteiger partial charge in [-0.1, -0.05) is 12.1 Å². The van der Waals surface area contributed by atoms with Crippen molar-refractivity contribution in [2.75, 3.05) is 38.7 Å². The van der Waals surface area contributed by atoms with Crippen molar-refractivity contribution in [2.45, 2.75) is 50.3 Å². The number of carbonyl (C=O) groups excluding carboxylic acids is 3. The Hall–Kier alpha value is -3.39. The first-order valence-corrected chi connectivity index (χ1v) is 13.7. The number of carbonyl (C=O) groups is 3. The molecule has 0 spiro atoms. The van der Waals surface area contributed by atoms with Crippen LogP contribution >= 0.6 is 0 Å². The van der Waals surface area contributed by atoms with Crippen LogP contribution in [-0.4, -0.2) is 94.2 Å². The lowest BCUT2D eigenvalue weighted by molar-refractivity contribution is -0.220. The van der Waals surface area contributed by atoms with E-state index in [9.17, 15) is 34.8 Å². The number of nitrogen functional groups attached to an aromatic ring is 1. The van der Waals surface area contributed by atoms with Gasteiger partial charge < -0.3 is 40.4 Å². The minimum Gasteiger partial charge on any atom is -0.507 e. The fourth-order valence-electron chi connectivity index (χ4n) is 6.62. The number of anilines is 1. The van der Waals surface area contributed by atoms with Gasteiger partial charge in [0.15, 0.2) is 23.6 Å². The number of hydrogen-bond acceptors (Lipinski definition) is 12. The van der Waals surface area contributed by atoms with Gasteiger partial charge in [-0.25, -0.2) is 0 Å². The highest BCUT2D eigenvalue weighted by atomic mass is 16.7. The zero-order valence-corrected chi connectivity index (χ0v) is 22.2. The van der Waals surface area contributed by atoms with E-state index < -0.39 is 60.0 Å². The number of phenols is 2. The van der Waals surface area contributed by atoms with E-state index in [1.807, 2.05) is 4.90 Å². The number of aromatic hydroxyl groups is 2. The monoisotopic (exact) mass is 568 g/mol. The van der Waals surface area contributed by atoms with Crippen molar-refractivity contribution < 1.29 is 49.0 Å². The Morgan fingerprint density at radius 2 is 1.85 bits per heavy atom. The molecule has 2 heterocycles. The van der Waals surface area contributed by atoms with Gasteiger partial charge in [0, 0.05) is 47.3 Å². The molecule has 2 aromatic carbocycles. The van der Waals surface area contributed by atoms with E-state index in [1.165, 1.54) is 18.2 Å². The summed E-state index contributed by atoms with van der Waals surface area (Å²) in [5, 5.41) is 43.0. The molecule has 2 unspecified atom stereocenters. The normalized spacial score (nSPS) is 28.1. The molecule has 12 nitrogen and oxygen atoms in total. The molecule has 5 atom stereocenters. The molecule has 4 aliphatic rings. The van der Waals surface area contributed by atoms with Crippen molar-refractivity contribution >= 4 is 23.0 Å². The molecule has 2 aliphatic heterocycles. The third kappa shape index (κ3) is 4.60. The fourth-order valence-corrected chi connectivity index (χ4v) is 6.62. The number of aliphatic hydroxyl groups is 2. The van der Waals surface area contributed by atoms with Gasteiger partial charge in [0.1, 0.15) is 24.3 Å². The van der Waals surface area contributed by atoms with Gasteiger partial charge in [0.05, 0.1) is 42.6 Å². The summed E-state index contributed by atoms with van der Waals surface area (Å²) in [5.41, 5.74) is 5.54. The van der Waals surface area contributed by atoms with E-state index in [-0.39, 0.29) is 64.6 Å². The molecule has 2 fully saturated rings. The molecule has 41 heavy (non-hydrogen) atoms. The molecule has 2 aromatic rings. The highest BCUT2D eigenvalue weighted by Gasteiger charge is 2.44. The van der Waals surface area contributed by atoms with Crippen LogP contribution in [0, 0.1) is 5.92 Å². The third-order valence-corrected chi connectivity index (χ3v) is 8.64. The molecule has 0 saturated carbocycles. The smallest absolute Gasteiger partial charge is 0.200 e. The summed E-state index contributed by atoms with van der Waals surface area (Å²) in [6.45, 7) is 0.829. The summed E-state index contributed by atoms with van der Waals surface area (Å²) >= 11 is 0. The van der Waals surface area contributed by atoms with Gasteiger partial charge in [-0.2, -0.15) is 0 Å². The largest absolute Gasteiger partial charge is 0.507 e. The van der Waals surface area contributed by atoms with E-state index >= 15 is 0 Å². The second kappa shape index (κ2) is 10.8. The molecule has 2 aliphatic carbocycles. The number of benzene rings is 2. The van der Waals surface area contributed by atoms with Crippen LogP contribution in [0.2, 0.25) is 0 Å². The number of Topliss-reactive ketones (excluding diaryl/α,β-unsaturated/α-hetero) is 1. The van der Waals surface area contributed by atoms with Crippen molar-refractivity contribution in [3.63, 3.8) is 0 Å². The topological polar surface area (TPSA) is 189 Å². The zero-order valence-electron chi connectivity index (χ0n) is 22.2. The third-order valence-electron chi connectivity index (χ3n) is 8.64. The molecule has 12 heteroatoms. The number of ketones is 3. The number of ether oxygens (including phenoxy) is 3. The maximum atomic E-state index is 13.6. The average Bonchev–Trinajstić information content (AvgIpc) is 2.97. The summed E-state index contributed by atoms with van der Waals surface area (Å²) in [4.78, 5) is 41.7. The maximum absolute atomic E-state index is 13.6. The van der Waals surface area contributed by atoms with E-state index in [0.717, 1.165) is 0 Å². The average molecular weight is 569 g/mol. The number of rotatable bonds is 5. The summed E-state index contributed by atoms with van der Waals surface area (Å²) in [6, 6.07) is 4.35. The number of aliphatic hydroxyl groups excluding tert-OH is 2. The predicted molar refractivity (Wildman–Crippen MR) is 142 cm³/mol. The highest BCUT2D eigenvalue weighted by molar-refractivity contribution is 6.32. The molecule has 0 amide bonds.